The van der Waals surface area contributed by atoms with Crippen LogP contribution in [0.15, 0.2) is 24.3 Å². The number of benzene rings is 1. The van der Waals surface area contributed by atoms with E-state index >= 15 is 0 Å². The first-order chi connectivity index (χ1) is 12.6. The van der Waals surface area contributed by atoms with Crippen LogP contribution in [0.1, 0.15) is 37.8 Å². The summed E-state index contributed by atoms with van der Waals surface area (Å²) in [6, 6.07) is 5.14. The van der Waals surface area contributed by atoms with Gasteiger partial charge in [0.05, 0.1) is 12.1 Å². The lowest BCUT2D eigenvalue weighted by molar-refractivity contribution is -0.140. The number of hydrogen-bond donors (Lipinski definition) is 2. The lowest BCUT2D eigenvalue weighted by atomic mass is 9.84. The molecule has 0 aliphatic heterocycles. The molecular weight excluding hydrogens is 361 g/mol. The fourth-order valence-corrected chi connectivity index (χ4v) is 3.34. The third-order valence-corrected chi connectivity index (χ3v) is 4.96. The van der Waals surface area contributed by atoms with Crippen LogP contribution in [0, 0.1) is 5.92 Å². The first-order valence-electron chi connectivity index (χ1n) is 9.02. The predicted molar refractivity (Wildman–Crippen MR) is 94.1 cm³/mol. The highest BCUT2D eigenvalue weighted by molar-refractivity contribution is 5.79. The molecule has 1 aliphatic rings. The van der Waals surface area contributed by atoms with E-state index in [1.807, 2.05) is 11.8 Å². The minimum absolute atomic E-state index is 0.0192. The molecule has 150 valence electrons. The number of aliphatic carboxylic acids is 1. The summed E-state index contributed by atoms with van der Waals surface area (Å²) < 4.78 is 38.3. The van der Waals surface area contributed by atoms with Crippen molar-refractivity contribution < 1.29 is 27.9 Å². The van der Waals surface area contributed by atoms with Gasteiger partial charge >= 0.3 is 12.1 Å². The minimum Gasteiger partial charge on any atom is -0.480 e. The van der Waals surface area contributed by atoms with Gasteiger partial charge in [-0.15, -0.1) is 0 Å². The van der Waals surface area contributed by atoms with Gasteiger partial charge in [-0.3, -0.25) is 14.5 Å². The maximum absolute atomic E-state index is 12.8. The van der Waals surface area contributed by atoms with E-state index in [1.54, 1.807) is 13.0 Å². The normalized spacial score (nSPS) is 20.8. The highest BCUT2D eigenvalue weighted by Crippen LogP contribution is 2.30. The molecule has 1 atom stereocenters. The molecule has 1 aromatic carbocycles. The van der Waals surface area contributed by atoms with E-state index in [0.717, 1.165) is 12.1 Å². The smallest absolute Gasteiger partial charge is 0.416 e. The number of alkyl halides is 3. The summed E-state index contributed by atoms with van der Waals surface area (Å²) in [5.74, 6) is -1.52. The van der Waals surface area contributed by atoms with Crippen LogP contribution in [0.2, 0.25) is 0 Å². The zero-order valence-corrected chi connectivity index (χ0v) is 15.4. The van der Waals surface area contributed by atoms with Crippen LogP contribution >= 0.6 is 0 Å². The van der Waals surface area contributed by atoms with E-state index in [2.05, 4.69) is 5.32 Å². The molecule has 0 spiro atoms. The zero-order chi connectivity index (χ0) is 20.2. The molecular formula is C19H25F3N2O3. The van der Waals surface area contributed by atoms with Gasteiger partial charge in [0.1, 0.15) is 0 Å². The number of hydrogen-bond acceptors (Lipinski definition) is 3. The number of nitrogens with zero attached hydrogens (tertiary/aromatic N) is 1. The van der Waals surface area contributed by atoms with Gasteiger partial charge in [0.15, 0.2) is 0 Å². The van der Waals surface area contributed by atoms with Crippen LogP contribution < -0.4 is 5.32 Å². The van der Waals surface area contributed by atoms with Gasteiger partial charge < -0.3 is 10.4 Å². The largest absolute Gasteiger partial charge is 0.480 e. The number of carboxylic acids is 1. The van der Waals surface area contributed by atoms with Crippen LogP contribution in [-0.4, -0.2) is 47.1 Å². The predicted octanol–water partition coefficient (Wildman–Crippen LogP) is 2.94. The molecule has 5 nitrogen and oxygen atoms in total. The van der Waals surface area contributed by atoms with Gasteiger partial charge in [0, 0.05) is 18.0 Å². The summed E-state index contributed by atoms with van der Waals surface area (Å²) in [6.07, 6.45) is -2.80. The number of amides is 1. The number of halogens is 3. The molecule has 1 saturated carbocycles. The van der Waals surface area contributed by atoms with Crippen LogP contribution in [0.25, 0.3) is 0 Å². The molecule has 1 unspecified atom stereocenters. The second-order valence-electron chi connectivity index (χ2n) is 7.09. The highest BCUT2D eigenvalue weighted by atomic mass is 19.4. The molecule has 1 aromatic rings. The van der Waals surface area contributed by atoms with Crippen molar-refractivity contribution in [3.05, 3.63) is 35.4 Å². The van der Waals surface area contributed by atoms with E-state index in [4.69, 9.17) is 5.11 Å². The van der Waals surface area contributed by atoms with Crippen molar-refractivity contribution in [2.75, 3.05) is 13.1 Å². The second-order valence-corrected chi connectivity index (χ2v) is 7.09. The van der Waals surface area contributed by atoms with E-state index in [1.165, 1.54) is 6.07 Å². The van der Waals surface area contributed by atoms with Gasteiger partial charge in [0.25, 0.3) is 0 Å². The highest BCUT2D eigenvalue weighted by Gasteiger charge is 2.35. The Labute approximate surface area is 156 Å². The summed E-state index contributed by atoms with van der Waals surface area (Å²) in [5, 5.41) is 11.8. The van der Waals surface area contributed by atoms with Crippen molar-refractivity contribution in [3.63, 3.8) is 0 Å². The molecule has 1 amide bonds. The molecule has 0 aromatic heterocycles. The molecule has 2 N–H and O–H groups in total. The molecule has 0 heterocycles. The number of carbonyl (C=O) groups is 2. The minimum atomic E-state index is -4.40. The second kappa shape index (κ2) is 8.73. The molecule has 0 bridgehead atoms. The summed E-state index contributed by atoms with van der Waals surface area (Å²) in [6.45, 7) is 4.19. The monoisotopic (exact) mass is 386 g/mol. The molecule has 8 heteroatoms. The maximum atomic E-state index is 12.8. The zero-order valence-electron chi connectivity index (χ0n) is 15.4. The number of rotatable bonds is 8. The van der Waals surface area contributed by atoms with Gasteiger partial charge in [0.2, 0.25) is 5.91 Å². The van der Waals surface area contributed by atoms with E-state index < -0.39 is 23.6 Å². The van der Waals surface area contributed by atoms with Crippen molar-refractivity contribution in [1.82, 2.24) is 10.2 Å². The Morgan fingerprint density at radius 3 is 2.56 bits per heavy atom. The summed E-state index contributed by atoms with van der Waals surface area (Å²) >= 11 is 0. The van der Waals surface area contributed by atoms with Gasteiger partial charge in [-0.05, 0) is 37.4 Å². The number of likely N-dealkylation sites (N-methyl/N-ethyl adjacent to an activating group) is 1. The topological polar surface area (TPSA) is 69.6 Å². The molecule has 1 fully saturated rings. The van der Waals surface area contributed by atoms with Crippen LogP contribution in [0.3, 0.4) is 0 Å². The molecule has 1 aliphatic carbocycles. The average Bonchev–Trinajstić information content (AvgIpc) is 2.55. The lowest BCUT2D eigenvalue weighted by Gasteiger charge is -2.42. The third kappa shape index (κ3) is 5.95. The summed E-state index contributed by atoms with van der Waals surface area (Å²) in [5.41, 5.74) is -0.245. The number of carbonyl (C=O) groups excluding carboxylic acids is 1. The number of carboxylic acid groups (broad SMARTS) is 1. The Morgan fingerprint density at radius 2 is 2.00 bits per heavy atom. The quantitative estimate of drug-likeness (QED) is 0.721. The first kappa shape index (κ1) is 21.2. The Bertz CT molecular complexity index is 672. The Morgan fingerprint density at radius 1 is 1.33 bits per heavy atom. The fourth-order valence-electron chi connectivity index (χ4n) is 3.34. The Balaban J connectivity index is 1.83. The van der Waals surface area contributed by atoms with Crippen molar-refractivity contribution in [1.29, 1.82) is 0 Å². The van der Waals surface area contributed by atoms with Crippen LogP contribution in [0.4, 0.5) is 13.2 Å². The van der Waals surface area contributed by atoms with Gasteiger partial charge in [-0.1, -0.05) is 32.0 Å². The van der Waals surface area contributed by atoms with E-state index in [9.17, 15) is 22.8 Å². The molecule has 0 saturated heterocycles. The molecule has 2 rings (SSSR count). The van der Waals surface area contributed by atoms with Crippen molar-refractivity contribution >= 4 is 11.9 Å². The molecule has 27 heavy (non-hydrogen) atoms. The maximum Gasteiger partial charge on any atom is 0.416 e. The van der Waals surface area contributed by atoms with Crippen molar-refractivity contribution in [2.45, 2.75) is 51.4 Å². The summed E-state index contributed by atoms with van der Waals surface area (Å²) in [4.78, 5) is 25.0. The third-order valence-electron chi connectivity index (χ3n) is 4.96. The Hall–Kier alpha value is -2.09. The van der Waals surface area contributed by atoms with Gasteiger partial charge in [-0.25, -0.2) is 0 Å². The Kier molecular flexibility index (Phi) is 6.86. The average molecular weight is 386 g/mol. The van der Waals surface area contributed by atoms with Crippen molar-refractivity contribution in [2.24, 2.45) is 5.92 Å². The fraction of sp³-hybridized carbons (Fsp3) is 0.579. The summed E-state index contributed by atoms with van der Waals surface area (Å²) in [7, 11) is 0. The molecule has 0 radical (unpaired) electrons. The van der Waals surface area contributed by atoms with Crippen molar-refractivity contribution in [3.8, 4) is 0 Å². The standard InChI is InChI=1S/C19H25F3N2O3/c1-3-24(11-17(25)26)16-9-15(10-16)23-18(27)12(2)7-13-5-4-6-14(8-13)19(20,21)22/h4-6,8,12,15-16H,3,7,9-11H2,1-2H3,(H,23,27)(H,25,26). The first-order valence-corrected chi connectivity index (χ1v) is 9.02. The SMILES string of the molecule is CCN(CC(=O)O)C1CC(NC(=O)C(C)Cc2cccc(C(F)(F)F)c2)C1. The van der Waals surface area contributed by atoms with E-state index in [-0.39, 0.29) is 31.0 Å². The van der Waals surface area contributed by atoms with Gasteiger partial charge in [-0.2, -0.15) is 13.2 Å². The van der Waals surface area contributed by atoms with E-state index in [0.29, 0.717) is 24.9 Å². The lowest BCUT2D eigenvalue weighted by Crippen LogP contribution is -2.55. The van der Waals surface area contributed by atoms with Crippen LogP contribution in [-0.2, 0) is 22.2 Å². The van der Waals surface area contributed by atoms with Crippen LogP contribution in [0.5, 0.6) is 0 Å². The number of nitrogens with one attached hydrogen (secondary N) is 1.